The second kappa shape index (κ2) is 6.74. The van der Waals surface area contributed by atoms with E-state index in [1.165, 1.54) is 5.56 Å². The quantitative estimate of drug-likeness (QED) is 0.889. The summed E-state index contributed by atoms with van der Waals surface area (Å²) in [6.45, 7) is 4.61. The van der Waals surface area contributed by atoms with Crippen molar-refractivity contribution < 1.29 is 5.11 Å². The predicted octanol–water partition coefficient (Wildman–Crippen LogP) is 2.06. The standard InChI is InChI=1S/C15H18N4O.ClH/c1-11-2-7-15(18-17-11)19-9-8-16-14(10-19)12-3-5-13(20)6-4-12;/h2-7,14,16,20H,8-10H2,1H3;1H. The minimum absolute atomic E-state index is 0. The van der Waals surface area contributed by atoms with Crippen LogP contribution in [0.1, 0.15) is 17.3 Å². The number of nitrogens with one attached hydrogen (secondary N) is 1. The lowest BCUT2D eigenvalue weighted by molar-refractivity contribution is 0.462. The van der Waals surface area contributed by atoms with Crippen molar-refractivity contribution >= 4 is 18.2 Å². The maximum absolute atomic E-state index is 9.36. The Hall–Kier alpha value is -1.85. The molecule has 1 aliphatic rings. The maximum atomic E-state index is 9.36. The van der Waals surface area contributed by atoms with Gasteiger partial charge in [-0.1, -0.05) is 12.1 Å². The van der Waals surface area contributed by atoms with Crippen molar-refractivity contribution in [3.63, 3.8) is 0 Å². The van der Waals surface area contributed by atoms with Crippen LogP contribution in [0.15, 0.2) is 36.4 Å². The summed E-state index contributed by atoms with van der Waals surface area (Å²) in [5.74, 6) is 1.21. The molecule has 0 saturated carbocycles. The molecule has 1 atom stereocenters. The van der Waals surface area contributed by atoms with E-state index in [1.54, 1.807) is 12.1 Å². The van der Waals surface area contributed by atoms with E-state index in [0.29, 0.717) is 5.75 Å². The Morgan fingerprint density at radius 2 is 1.90 bits per heavy atom. The summed E-state index contributed by atoms with van der Waals surface area (Å²) in [6, 6.07) is 11.6. The molecule has 6 heteroatoms. The molecule has 0 bridgehead atoms. The molecule has 0 aliphatic carbocycles. The van der Waals surface area contributed by atoms with Gasteiger partial charge in [-0.3, -0.25) is 0 Å². The van der Waals surface area contributed by atoms with E-state index in [-0.39, 0.29) is 18.4 Å². The molecule has 0 amide bonds. The molecule has 1 saturated heterocycles. The van der Waals surface area contributed by atoms with Crippen LogP contribution in [0.4, 0.5) is 5.82 Å². The summed E-state index contributed by atoms with van der Waals surface area (Å²) in [5.41, 5.74) is 2.10. The number of piperazine rings is 1. The van der Waals surface area contributed by atoms with Gasteiger partial charge in [-0.05, 0) is 36.8 Å². The number of hydrogen-bond donors (Lipinski definition) is 2. The molecule has 2 aromatic rings. The molecule has 2 heterocycles. The van der Waals surface area contributed by atoms with Crippen LogP contribution in [0.3, 0.4) is 0 Å². The third-order valence-corrected chi connectivity index (χ3v) is 3.58. The number of phenols is 1. The fourth-order valence-corrected chi connectivity index (χ4v) is 2.45. The summed E-state index contributed by atoms with van der Waals surface area (Å²) in [5, 5.41) is 21.2. The van der Waals surface area contributed by atoms with Crippen LogP contribution in [-0.2, 0) is 0 Å². The number of aromatic nitrogens is 2. The number of halogens is 1. The van der Waals surface area contributed by atoms with Crippen LogP contribution in [0, 0.1) is 6.92 Å². The Balaban J connectivity index is 0.00000161. The number of nitrogens with zero attached hydrogens (tertiary/aromatic N) is 3. The van der Waals surface area contributed by atoms with Crippen LogP contribution in [0.5, 0.6) is 5.75 Å². The highest BCUT2D eigenvalue weighted by Crippen LogP contribution is 2.22. The first-order valence-corrected chi connectivity index (χ1v) is 6.80. The summed E-state index contributed by atoms with van der Waals surface area (Å²) < 4.78 is 0. The molecule has 3 rings (SSSR count). The topological polar surface area (TPSA) is 61.3 Å². The van der Waals surface area contributed by atoms with E-state index in [4.69, 9.17) is 0 Å². The van der Waals surface area contributed by atoms with Gasteiger partial charge >= 0.3 is 0 Å². The first-order chi connectivity index (χ1) is 9.72. The Morgan fingerprint density at radius 1 is 1.14 bits per heavy atom. The van der Waals surface area contributed by atoms with E-state index < -0.39 is 0 Å². The van der Waals surface area contributed by atoms with Crippen LogP contribution in [0.25, 0.3) is 0 Å². The van der Waals surface area contributed by atoms with Gasteiger partial charge in [0.1, 0.15) is 5.75 Å². The third-order valence-electron chi connectivity index (χ3n) is 3.58. The number of phenolic OH excluding ortho intramolecular Hbond substituents is 1. The van der Waals surface area contributed by atoms with Crippen LogP contribution < -0.4 is 10.2 Å². The number of hydrogen-bond acceptors (Lipinski definition) is 5. The molecule has 1 aromatic carbocycles. The maximum Gasteiger partial charge on any atom is 0.151 e. The van der Waals surface area contributed by atoms with Crippen molar-refractivity contribution in [3.05, 3.63) is 47.7 Å². The second-order valence-electron chi connectivity index (χ2n) is 5.08. The van der Waals surface area contributed by atoms with Gasteiger partial charge in [-0.15, -0.1) is 17.5 Å². The molecule has 1 aliphatic heterocycles. The molecule has 21 heavy (non-hydrogen) atoms. The van der Waals surface area contributed by atoms with Crippen molar-refractivity contribution in [1.82, 2.24) is 15.5 Å². The summed E-state index contributed by atoms with van der Waals surface area (Å²) >= 11 is 0. The Labute approximate surface area is 130 Å². The van der Waals surface area contributed by atoms with Crippen molar-refractivity contribution in [1.29, 1.82) is 0 Å². The minimum atomic E-state index is 0. The lowest BCUT2D eigenvalue weighted by atomic mass is 10.0. The average Bonchev–Trinajstić information content (AvgIpc) is 2.49. The smallest absolute Gasteiger partial charge is 0.151 e. The summed E-state index contributed by atoms with van der Waals surface area (Å²) in [6.07, 6.45) is 0. The zero-order valence-corrected chi connectivity index (χ0v) is 12.7. The van der Waals surface area contributed by atoms with Gasteiger partial charge in [0.05, 0.1) is 5.69 Å². The molecule has 1 aromatic heterocycles. The molecule has 1 unspecified atom stereocenters. The SMILES string of the molecule is Cc1ccc(N2CCNC(c3ccc(O)cc3)C2)nn1.Cl. The van der Waals surface area contributed by atoms with Gasteiger partial charge < -0.3 is 15.3 Å². The minimum Gasteiger partial charge on any atom is -0.508 e. The number of anilines is 1. The number of aryl methyl sites for hydroxylation is 1. The number of aromatic hydroxyl groups is 1. The highest BCUT2D eigenvalue weighted by molar-refractivity contribution is 5.85. The van der Waals surface area contributed by atoms with Gasteiger partial charge in [-0.25, -0.2) is 0 Å². The first-order valence-electron chi connectivity index (χ1n) is 6.80. The van der Waals surface area contributed by atoms with Crippen molar-refractivity contribution in [2.75, 3.05) is 24.5 Å². The van der Waals surface area contributed by atoms with Crippen LogP contribution in [0.2, 0.25) is 0 Å². The molecule has 2 N–H and O–H groups in total. The zero-order chi connectivity index (χ0) is 13.9. The highest BCUT2D eigenvalue weighted by Gasteiger charge is 2.21. The van der Waals surface area contributed by atoms with Crippen molar-refractivity contribution in [3.8, 4) is 5.75 Å². The lowest BCUT2D eigenvalue weighted by Crippen LogP contribution is -2.46. The molecular weight excluding hydrogens is 288 g/mol. The van der Waals surface area contributed by atoms with E-state index in [1.807, 2.05) is 31.2 Å². The van der Waals surface area contributed by atoms with Gasteiger partial charge in [0.15, 0.2) is 5.82 Å². The predicted molar refractivity (Wildman–Crippen MR) is 85.1 cm³/mol. The first kappa shape index (κ1) is 15.5. The lowest BCUT2D eigenvalue weighted by Gasteiger charge is -2.34. The van der Waals surface area contributed by atoms with E-state index in [0.717, 1.165) is 31.1 Å². The summed E-state index contributed by atoms with van der Waals surface area (Å²) in [4.78, 5) is 2.24. The zero-order valence-electron chi connectivity index (χ0n) is 11.9. The fourth-order valence-electron chi connectivity index (χ4n) is 2.45. The van der Waals surface area contributed by atoms with Gasteiger partial charge in [-0.2, -0.15) is 5.10 Å². The molecule has 112 valence electrons. The van der Waals surface area contributed by atoms with Gasteiger partial charge in [0.25, 0.3) is 0 Å². The highest BCUT2D eigenvalue weighted by atomic mass is 35.5. The fraction of sp³-hybridized carbons (Fsp3) is 0.333. The van der Waals surface area contributed by atoms with Gasteiger partial charge in [0, 0.05) is 25.7 Å². The second-order valence-corrected chi connectivity index (χ2v) is 5.08. The normalized spacial score (nSPS) is 18.1. The number of benzene rings is 1. The largest absolute Gasteiger partial charge is 0.508 e. The molecule has 0 spiro atoms. The monoisotopic (exact) mass is 306 g/mol. The van der Waals surface area contributed by atoms with Gasteiger partial charge in [0.2, 0.25) is 0 Å². The Kier molecular flexibility index (Phi) is 4.98. The van der Waals surface area contributed by atoms with E-state index in [2.05, 4.69) is 20.4 Å². The van der Waals surface area contributed by atoms with Crippen molar-refractivity contribution in [2.45, 2.75) is 13.0 Å². The Bertz CT molecular complexity index is 522. The van der Waals surface area contributed by atoms with Crippen molar-refractivity contribution in [2.24, 2.45) is 0 Å². The Morgan fingerprint density at radius 3 is 2.57 bits per heavy atom. The number of rotatable bonds is 2. The average molecular weight is 307 g/mol. The van der Waals surface area contributed by atoms with Crippen LogP contribution in [-0.4, -0.2) is 34.9 Å². The molecule has 1 fully saturated rings. The molecule has 0 radical (unpaired) electrons. The van der Waals surface area contributed by atoms with E-state index >= 15 is 0 Å². The van der Waals surface area contributed by atoms with Crippen LogP contribution >= 0.6 is 12.4 Å². The third kappa shape index (κ3) is 3.62. The molecular formula is C15H19ClN4O. The summed E-state index contributed by atoms with van der Waals surface area (Å²) in [7, 11) is 0. The van der Waals surface area contributed by atoms with E-state index in [9.17, 15) is 5.11 Å². The molecule has 5 nitrogen and oxygen atoms in total.